The molecule has 0 aromatic carbocycles. The number of ether oxygens (including phenoxy) is 1. The molecule has 0 N–H and O–H groups in total. The normalized spacial score (nSPS) is 39.4. The highest BCUT2D eigenvalue weighted by Gasteiger charge is 2.56. The van der Waals surface area contributed by atoms with E-state index in [0.29, 0.717) is 17.4 Å². The zero-order valence-corrected chi connectivity index (χ0v) is 12.6. The van der Waals surface area contributed by atoms with E-state index in [1.807, 2.05) is 0 Å². The number of hydrogen-bond acceptors (Lipinski definition) is 2. The van der Waals surface area contributed by atoms with E-state index in [1.165, 1.54) is 44.9 Å². The van der Waals surface area contributed by atoms with Gasteiger partial charge in [-0.3, -0.25) is 4.90 Å². The van der Waals surface area contributed by atoms with Crippen LogP contribution >= 0.6 is 0 Å². The van der Waals surface area contributed by atoms with Gasteiger partial charge in [-0.1, -0.05) is 37.9 Å². The standard InChI is InChI=1S/C16H28BNO/c1-12(2)18-15-7-5-3-4-6-14(17)8-13(15)9-16(18)10-19-11-16/h12-15H,3-11H2,1-2H3. The van der Waals surface area contributed by atoms with Gasteiger partial charge in [0, 0.05) is 12.1 Å². The van der Waals surface area contributed by atoms with Crippen LogP contribution < -0.4 is 0 Å². The quantitative estimate of drug-likeness (QED) is 0.672. The molecule has 1 aliphatic carbocycles. The Kier molecular flexibility index (Phi) is 3.97. The highest BCUT2D eigenvalue weighted by atomic mass is 16.5. The maximum Gasteiger partial charge on any atom is 0.0699 e. The van der Waals surface area contributed by atoms with Crippen molar-refractivity contribution in [1.29, 1.82) is 0 Å². The molecule has 2 radical (unpaired) electrons. The molecule has 3 aliphatic rings. The van der Waals surface area contributed by atoms with Gasteiger partial charge in [-0.25, -0.2) is 0 Å². The third-order valence-corrected chi connectivity index (χ3v) is 5.57. The zero-order chi connectivity index (χ0) is 13.5. The van der Waals surface area contributed by atoms with Crippen molar-refractivity contribution in [2.24, 2.45) is 5.92 Å². The van der Waals surface area contributed by atoms with E-state index in [-0.39, 0.29) is 0 Å². The van der Waals surface area contributed by atoms with Crippen LogP contribution in [0.5, 0.6) is 0 Å². The number of fused-ring (bicyclic) bond motifs is 1. The van der Waals surface area contributed by atoms with Crippen molar-refractivity contribution >= 4 is 7.85 Å². The molecular weight excluding hydrogens is 233 g/mol. The van der Waals surface area contributed by atoms with Crippen LogP contribution in [-0.4, -0.2) is 43.6 Å². The maximum atomic E-state index is 6.35. The summed E-state index contributed by atoms with van der Waals surface area (Å²) in [5.41, 5.74) is 0.364. The van der Waals surface area contributed by atoms with Gasteiger partial charge in [0.15, 0.2) is 0 Å². The molecule has 3 atom stereocenters. The lowest BCUT2D eigenvalue weighted by molar-refractivity contribution is -0.141. The summed E-state index contributed by atoms with van der Waals surface area (Å²) in [5, 5.41) is 0. The molecule has 3 rings (SSSR count). The minimum atomic E-state index is 0.364. The highest BCUT2D eigenvalue weighted by Crippen LogP contribution is 2.48. The Hall–Kier alpha value is -0.0151. The minimum Gasteiger partial charge on any atom is -0.377 e. The minimum absolute atomic E-state index is 0.364. The van der Waals surface area contributed by atoms with Gasteiger partial charge in [0.25, 0.3) is 0 Å². The van der Waals surface area contributed by atoms with Crippen LogP contribution in [0.25, 0.3) is 0 Å². The van der Waals surface area contributed by atoms with Gasteiger partial charge >= 0.3 is 0 Å². The first-order valence-corrected chi connectivity index (χ1v) is 8.24. The van der Waals surface area contributed by atoms with Crippen molar-refractivity contribution in [3.63, 3.8) is 0 Å². The van der Waals surface area contributed by atoms with Crippen LogP contribution in [0.3, 0.4) is 0 Å². The summed E-state index contributed by atoms with van der Waals surface area (Å²) in [6, 6.07) is 1.39. The largest absolute Gasteiger partial charge is 0.377 e. The average molecular weight is 261 g/mol. The predicted molar refractivity (Wildman–Crippen MR) is 79.6 cm³/mol. The number of rotatable bonds is 1. The molecule has 2 heterocycles. The number of hydrogen-bond donors (Lipinski definition) is 0. The molecule has 106 valence electrons. The Morgan fingerprint density at radius 3 is 2.53 bits per heavy atom. The third-order valence-electron chi connectivity index (χ3n) is 5.57. The van der Waals surface area contributed by atoms with Crippen LogP contribution in [-0.2, 0) is 4.74 Å². The van der Waals surface area contributed by atoms with Crippen molar-refractivity contribution in [2.75, 3.05) is 13.2 Å². The lowest BCUT2D eigenvalue weighted by atomic mass is 9.74. The van der Waals surface area contributed by atoms with Crippen LogP contribution in [0, 0.1) is 5.92 Å². The van der Waals surface area contributed by atoms with Gasteiger partial charge in [-0.2, -0.15) is 0 Å². The SMILES string of the molecule is [B]C1CCCCCC2C(C1)CC1(COC1)N2C(C)C. The first kappa shape index (κ1) is 13.9. The summed E-state index contributed by atoms with van der Waals surface area (Å²) in [5.74, 6) is 1.23. The Labute approximate surface area is 119 Å². The second-order valence-corrected chi connectivity index (χ2v) is 7.38. The Morgan fingerprint density at radius 2 is 1.89 bits per heavy atom. The van der Waals surface area contributed by atoms with Crippen molar-refractivity contribution in [2.45, 2.75) is 82.2 Å². The molecule has 1 saturated carbocycles. The lowest BCUT2D eigenvalue weighted by Gasteiger charge is -2.49. The topological polar surface area (TPSA) is 12.5 Å². The summed E-state index contributed by atoms with van der Waals surface area (Å²) < 4.78 is 5.59. The number of likely N-dealkylation sites (tertiary alicyclic amines) is 1. The average Bonchev–Trinajstić information content (AvgIpc) is 2.65. The van der Waals surface area contributed by atoms with E-state index < -0.39 is 0 Å². The summed E-state index contributed by atoms with van der Waals surface area (Å²) in [7, 11) is 6.35. The smallest absolute Gasteiger partial charge is 0.0699 e. The van der Waals surface area contributed by atoms with E-state index in [9.17, 15) is 0 Å². The second kappa shape index (κ2) is 5.40. The predicted octanol–water partition coefficient (Wildman–Crippen LogP) is 3.17. The van der Waals surface area contributed by atoms with Crippen LogP contribution in [0.4, 0.5) is 0 Å². The van der Waals surface area contributed by atoms with Crippen molar-refractivity contribution in [1.82, 2.24) is 4.90 Å². The zero-order valence-electron chi connectivity index (χ0n) is 12.6. The monoisotopic (exact) mass is 261 g/mol. The molecule has 3 unspecified atom stereocenters. The summed E-state index contributed by atoms with van der Waals surface area (Å²) in [6.07, 6.45) is 9.24. The maximum absolute atomic E-state index is 6.35. The van der Waals surface area contributed by atoms with Crippen molar-refractivity contribution in [3.05, 3.63) is 0 Å². The van der Waals surface area contributed by atoms with E-state index in [1.54, 1.807) is 0 Å². The molecule has 3 heteroatoms. The van der Waals surface area contributed by atoms with Gasteiger partial charge in [0.1, 0.15) is 0 Å². The molecule has 0 aromatic heterocycles. The van der Waals surface area contributed by atoms with Crippen LogP contribution in [0.1, 0.15) is 58.8 Å². The highest BCUT2D eigenvalue weighted by molar-refractivity contribution is 6.11. The second-order valence-electron chi connectivity index (χ2n) is 7.38. The van der Waals surface area contributed by atoms with Gasteiger partial charge in [-0.05, 0) is 32.6 Å². The molecule has 1 spiro atoms. The third kappa shape index (κ3) is 2.49. The molecular formula is C16H28BNO. The fraction of sp³-hybridized carbons (Fsp3) is 1.00. The molecule has 2 nitrogen and oxygen atoms in total. The molecule has 2 aliphatic heterocycles. The van der Waals surface area contributed by atoms with Crippen LogP contribution in [0.2, 0.25) is 5.82 Å². The van der Waals surface area contributed by atoms with Gasteiger partial charge in [0.05, 0.1) is 26.6 Å². The Bertz CT molecular complexity index is 316. The molecule has 3 fully saturated rings. The Balaban J connectivity index is 1.81. The summed E-state index contributed by atoms with van der Waals surface area (Å²) >= 11 is 0. The fourth-order valence-corrected chi connectivity index (χ4v) is 4.90. The fourth-order valence-electron chi connectivity index (χ4n) is 4.90. The van der Waals surface area contributed by atoms with Crippen LogP contribution in [0.15, 0.2) is 0 Å². The first-order chi connectivity index (χ1) is 9.12. The Morgan fingerprint density at radius 1 is 1.16 bits per heavy atom. The van der Waals surface area contributed by atoms with Crippen molar-refractivity contribution in [3.8, 4) is 0 Å². The first-order valence-electron chi connectivity index (χ1n) is 8.24. The molecule has 0 aromatic rings. The number of nitrogens with zero attached hydrogens (tertiary/aromatic N) is 1. The summed E-state index contributed by atoms with van der Waals surface area (Å²) in [6.45, 7) is 6.62. The van der Waals surface area contributed by atoms with E-state index in [4.69, 9.17) is 12.6 Å². The van der Waals surface area contributed by atoms with Crippen molar-refractivity contribution < 1.29 is 4.74 Å². The summed E-state index contributed by atoms with van der Waals surface area (Å²) in [4.78, 5) is 2.80. The molecule has 0 bridgehead atoms. The lowest BCUT2D eigenvalue weighted by Crippen LogP contribution is -2.62. The van der Waals surface area contributed by atoms with Gasteiger partial charge in [0.2, 0.25) is 0 Å². The van der Waals surface area contributed by atoms with E-state index >= 15 is 0 Å². The molecule has 2 saturated heterocycles. The van der Waals surface area contributed by atoms with E-state index in [0.717, 1.165) is 25.2 Å². The van der Waals surface area contributed by atoms with E-state index in [2.05, 4.69) is 18.7 Å². The van der Waals surface area contributed by atoms with Gasteiger partial charge < -0.3 is 4.74 Å². The molecule has 0 amide bonds. The van der Waals surface area contributed by atoms with Gasteiger partial charge in [-0.15, -0.1) is 0 Å². The molecule has 19 heavy (non-hydrogen) atoms.